The maximum absolute atomic E-state index is 9.48. The van der Waals surface area contributed by atoms with Gasteiger partial charge in [-0.3, -0.25) is 0 Å². The molecule has 0 aliphatic rings. The quantitative estimate of drug-likeness (QED) is 0.537. The van der Waals surface area contributed by atoms with Crippen LogP contribution < -0.4 is 11.1 Å². The Bertz CT molecular complexity index is 302. The Morgan fingerprint density at radius 2 is 2.36 bits per heavy atom. The van der Waals surface area contributed by atoms with Crippen molar-refractivity contribution in [3.8, 4) is 0 Å². The first-order valence-electron chi connectivity index (χ1n) is 4.32. The van der Waals surface area contributed by atoms with Crippen LogP contribution >= 0.6 is 0 Å². The van der Waals surface area contributed by atoms with Gasteiger partial charge in [0.15, 0.2) is 0 Å². The zero-order valence-corrected chi connectivity index (χ0v) is 8.07. The number of hydrogen-bond acceptors (Lipinski definition) is 5. The van der Waals surface area contributed by atoms with Crippen molar-refractivity contribution in [2.45, 2.75) is 12.5 Å². The highest BCUT2D eigenvalue weighted by atomic mass is 16.3. The standard InChI is InChI=1S/C9H15N3O2/c1-9(14,6-13)5-12-8-4-7(10)2-3-11-8/h2-4,13-14H,5-6H2,1H3,(H3,10,11,12). The van der Waals surface area contributed by atoms with E-state index in [0.717, 1.165) is 0 Å². The molecular formula is C9H15N3O2. The summed E-state index contributed by atoms with van der Waals surface area (Å²) < 4.78 is 0. The summed E-state index contributed by atoms with van der Waals surface area (Å²) in [7, 11) is 0. The van der Waals surface area contributed by atoms with E-state index in [1.807, 2.05) is 0 Å². The number of nitrogen functional groups attached to an aromatic ring is 1. The van der Waals surface area contributed by atoms with Crippen LogP contribution in [0.4, 0.5) is 11.5 Å². The molecule has 1 unspecified atom stereocenters. The van der Waals surface area contributed by atoms with Crippen LogP contribution in [0.5, 0.6) is 0 Å². The Morgan fingerprint density at radius 1 is 1.64 bits per heavy atom. The molecule has 0 spiro atoms. The van der Waals surface area contributed by atoms with Gasteiger partial charge in [-0.25, -0.2) is 4.98 Å². The molecule has 5 nitrogen and oxygen atoms in total. The lowest BCUT2D eigenvalue weighted by Gasteiger charge is -2.20. The second kappa shape index (κ2) is 4.26. The Balaban J connectivity index is 2.54. The van der Waals surface area contributed by atoms with Crippen molar-refractivity contribution in [1.29, 1.82) is 0 Å². The summed E-state index contributed by atoms with van der Waals surface area (Å²) in [5.74, 6) is 0.582. The first-order chi connectivity index (χ1) is 6.53. The molecule has 5 N–H and O–H groups in total. The first-order valence-corrected chi connectivity index (χ1v) is 4.32. The molecule has 5 heteroatoms. The molecule has 0 aromatic carbocycles. The summed E-state index contributed by atoms with van der Waals surface area (Å²) in [5, 5.41) is 21.1. The van der Waals surface area contributed by atoms with Gasteiger partial charge in [-0.1, -0.05) is 0 Å². The molecule has 0 aliphatic carbocycles. The van der Waals surface area contributed by atoms with E-state index in [4.69, 9.17) is 10.8 Å². The molecule has 0 amide bonds. The number of pyridine rings is 1. The van der Waals surface area contributed by atoms with Gasteiger partial charge < -0.3 is 21.3 Å². The lowest BCUT2D eigenvalue weighted by atomic mass is 10.1. The third-order valence-electron chi connectivity index (χ3n) is 1.77. The molecule has 0 saturated heterocycles. The molecule has 0 saturated carbocycles. The highest BCUT2D eigenvalue weighted by Gasteiger charge is 2.18. The molecule has 0 bridgehead atoms. The Hall–Kier alpha value is -1.33. The van der Waals surface area contributed by atoms with Gasteiger partial charge >= 0.3 is 0 Å². The van der Waals surface area contributed by atoms with Gasteiger partial charge in [-0.05, 0) is 13.0 Å². The fourth-order valence-electron chi connectivity index (χ4n) is 0.880. The average Bonchev–Trinajstić information content (AvgIpc) is 2.15. The van der Waals surface area contributed by atoms with Crippen LogP contribution in [0.2, 0.25) is 0 Å². The summed E-state index contributed by atoms with van der Waals surface area (Å²) in [5.41, 5.74) is 4.99. The lowest BCUT2D eigenvalue weighted by molar-refractivity contribution is 0.0132. The molecular weight excluding hydrogens is 182 g/mol. The van der Waals surface area contributed by atoms with E-state index in [0.29, 0.717) is 11.5 Å². The van der Waals surface area contributed by atoms with Crippen LogP contribution in [0.1, 0.15) is 6.92 Å². The van der Waals surface area contributed by atoms with Crippen molar-refractivity contribution in [1.82, 2.24) is 4.98 Å². The van der Waals surface area contributed by atoms with E-state index < -0.39 is 5.60 Å². The van der Waals surface area contributed by atoms with Crippen molar-refractivity contribution in [3.05, 3.63) is 18.3 Å². The summed E-state index contributed by atoms with van der Waals surface area (Å²) in [6.45, 7) is 1.45. The topological polar surface area (TPSA) is 91.4 Å². The van der Waals surface area contributed by atoms with Crippen LogP contribution in [0.15, 0.2) is 18.3 Å². The van der Waals surface area contributed by atoms with Gasteiger partial charge in [0, 0.05) is 24.5 Å². The van der Waals surface area contributed by atoms with Gasteiger partial charge in [0.1, 0.15) is 11.4 Å². The average molecular weight is 197 g/mol. The summed E-state index contributed by atoms with van der Waals surface area (Å²) >= 11 is 0. The Kier molecular flexibility index (Phi) is 3.27. The minimum absolute atomic E-state index is 0.222. The maximum Gasteiger partial charge on any atom is 0.128 e. The van der Waals surface area contributed by atoms with Gasteiger partial charge in [0.25, 0.3) is 0 Å². The van der Waals surface area contributed by atoms with Crippen LogP contribution in [0.25, 0.3) is 0 Å². The van der Waals surface area contributed by atoms with Gasteiger partial charge in [0.05, 0.1) is 6.61 Å². The van der Waals surface area contributed by atoms with Gasteiger partial charge in [-0.15, -0.1) is 0 Å². The molecule has 78 valence electrons. The van der Waals surface area contributed by atoms with E-state index >= 15 is 0 Å². The highest BCUT2D eigenvalue weighted by molar-refractivity contribution is 5.48. The predicted molar refractivity (Wildman–Crippen MR) is 54.8 cm³/mol. The second-order valence-electron chi connectivity index (χ2n) is 3.48. The maximum atomic E-state index is 9.48. The largest absolute Gasteiger partial charge is 0.399 e. The van der Waals surface area contributed by atoms with E-state index in [-0.39, 0.29) is 13.2 Å². The number of nitrogens with one attached hydrogen (secondary N) is 1. The van der Waals surface area contributed by atoms with Crippen LogP contribution in [0, 0.1) is 0 Å². The number of nitrogens with two attached hydrogens (primary N) is 1. The zero-order valence-electron chi connectivity index (χ0n) is 8.07. The minimum Gasteiger partial charge on any atom is -0.399 e. The lowest BCUT2D eigenvalue weighted by Crippen LogP contribution is -2.37. The molecule has 1 heterocycles. The van der Waals surface area contributed by atoms with Crippen LogP contribution in [0.3, 0.4) is 0 Å². The predicted octanol–water partition coefficient (Wildman–Crippen LogP) is -0.181. The molecule has 0 fully saturated rings. The Morgan fingerprint density at radius 3 is 2.93 bits per heavy atom. The number of nitrogens with zero attached hydrogens (tertiary/aromatic N) is 1. The fraction of sp³-hybridized carbons (Fsp3) is 0.444. The number of rotatable bonds is 4. The zero-order chi connectivity index (χ0) is 10.6. The first kappa shape index (κ1) is 10.7. The Labute approximate surface area is 82.6 Å². The van der Waals surface area contributed by atoms with Gasteiger partial charge in [0.2, 0.25) is 0 Å². The van der Waals surface area contributed by atoms with E-state index in [2.05, 4.69) is 10.3 Å². The van der Waals surface area contributed by atoms with Crippen molar-refractivity contribution < 1.29 is 10.2 Å². The van der Waals surface area contributed by atoms with Crippen LogP contribution in [-0.2, 0) is 0 Å². The van der Waals surface area contributed by atoms with E-state index in [1.54, 1.807) is 18.3 Å². The smallest absolute Gasteiger partial charge is 0.128 e. The van der Waals surface area contributed by atoms with Crippen molar-refractivity contribution in [2.24, 2.45) is 0 Å². The molecule has 0 radical (unpaired) electrons. The minimum atomic E-state index is -1.15. The van der Waals surface area contributed by atoms with E-state index in [1.165, 1.54) is 6.92 Å². The monoisotopic (exact) mass is 197 g/mol. The molecule has 1 atom stereocenters. The molecule has 14 heavy (non-hydrogen) atoms. The SMILES string of the molecule is CC(O)(CO)CNc1cc(N)ccn1. The number of hydrogen-bond donors (Lipinski definition) is 4. The summed E-state index contributed by atoms with van der Waals surface area (Å²) in [6, 6.07) is 3.34. The molecule has 1 rings (SSSR count). The third-order valence-corrected chi connectivity index (χ3v) is 1.77. The summed E-state index contributed by atoms with van der Waals surface area (Å²) in [4.78, 5) is 3.99. The van der Waals surface area contributed by atoms with Crippen molar-refractivity contribution in [3.63, 3.8) is 0 Å². The van der Waals surface area contributed by atoms with Crippen molar-refractivity contribution >= 4 is 11.5 Å². The third kappa shape index (κ3) is 3.20. The van der Waals surface area contributed by atoms with Crippen LogP contribution in [-0.4, -0.2) is 33.9 Å². The summed E-state index contributed by atoms with van der Waals surface area (Å²) in [6.07, 6.45) is 1.57. The van der Waals surface area contributed by atoms with Crippen molar-refractivity contribution in [2.75, 3.05) is 24.2 Å². The van der Waals surface area contributed by atoms with Gasteiger partial charge in [-0.2, -0.15) is 0 Å². The highest BCUT2D eigenvalue weighted by Crippen LogP contribution is 2.09. The molecule has 0 aliphatic heterocycles. The molecule has 1 aromatic rings. The normalized spacial score (nSPS) is 14.8. The second-order valence-corrected chi connectivity index (χ2v) is 3.48. The number of aromatic nitrogens is 1. The fourth-order valence-corrected chi connectivity index (χ4v) is 0.880. The number of anilines is 2. The molecule has 1 aromatic heterocycles. The number of aliphatic hydroxyl groups is 2. The van der Waals surface area contributed by atoms with E-state index in [9.17, 15) is 5.11 Å². The number of aliphatic hydroxyl groups excluding tert-OH is 1.